The molecule has 2 rings (SSSR count). The van der Waals surface area contributed by atoms with Crippen LogP contribution in [0.5, 0.6) is 0 Å². The van der Waals surface area contributed by atoms with Crippen molar-refractivity contribution < 1.29 is 18.0 Å². The third-order valence-electron chi connectivity index (χ3n) is 4.30. The molecule has 1 amide bonds. The third kappa shape index (κ3) is 4.39. The first-order valence-corrected chi connectivity index (χ1v) is 7.97. The summed E-state index contributed by atoms with van der Waals surface area (Å²) >= 11 is 0. The molecule has 1 aliphatic heterocycles. The fourth-order valence-corrected chi connectivity index (χ4v) is 3.14. The molecule has 1 saturated heterocycles. The summed E-state index contributed by atoms with van der Waals surface area (Å²) in [5, 5.41) is 0. The molecule has 1 fully saturated rings. The molecule has 23 heavy (non-hydrogen) atoms. The van der Waals surface area contributed by atoms with Crippen LogP contribution < -0.4 is 4.90 Å². The predicted octanol–water partition coefficient (Wildman–Crippen LogP) is 3.80. The zero-order valence-electron chi connectivity index (χ0n) is 13.6. The Morgan fingerprint density at radius 3 is 2.43 bits per heavy atom. The van der Waals surface area contributed by atoms with Crippen LogP contribution in [0.1, 0.15) is 37.7 Å². The van der Waals surface area contributed by atoms with Crippen molar-refractivity contribution >= 4 is 11.6 Å². The molecule has 1 aromatic carbocycles. The van der Waals surface area contributed by atoms with Gasteiger partial charge in [0.15, 0.2) is 0 Å². The first kappa shape index (κ1) is 17.6. The second-order valence-corrected chi connectivity index (χ2v) is 6.19. The number of nitrogens with zero attached hydrogens (tertiary/aromatic N) is 2. The minimum Gasteiger partial charge on any atom is -0.371 e. The van der Waals surface area contributed by atoms with Gasteiger partial charge in [-0.2, -0.15) is 13.2 Å². The maximum atomic E-state index is 12.5. The Bertz CT molecular complexity index is 539. The lowest BCUT2D eigenvalue weighted by molar-refractivity contribution is -0.184. The van der Waals surface area contributed by atoms with Crippen molar-refractivity contribution in [1.29, 1.82) is 0 Å². The number of benzene rings is 1. The fourth-order valence-electron chi connectivity index (χ4n) is 3.14. The topological polar surface area (TPSA) is 23.6 Å². The Kier molecular flexibility index (Phi) is 5.55. The molecule has 3 nitrogen and oxygen atoms in total. The van der Waals surface area contributed by atoms with Gasteiger partial charge in [0.05, 0.1) is 0 Å². The second-order valence-electron chi connectivity index (χ2n) is 6.19. The third-order valence-corrected chi connectivity index (χ3v) is 4.30. The highest BCUT2D eigenvalue weighted by Gasteiger charge is 2.41. The number of hydrogen-bond acceptors (Lipinski definition) is 2. The lowest BCUT2D eigenvalue weighted by Gasteiger charge is -2.32. The van der Waals surface area contributed by atoms with Crippen LogP contribution in [0.2, 0.25) is 0 Å². The first-order valence-electron chi connectivity index (χ1n) is 7.97. The van der Waals surface area contributed by atoms with Crippen LogP contribution in [0.15, 0.2) is 24.3 Å². The van der Waals surface area contributed by atoms with Crippen LogP contribution >= 0.6 is 0 Å². The minimum absolute atomic E-state index is 0.0448. The molecule has 128 valence electrons. The van der Waals surface area contributed by atoms with Crippen molar-refractivity contribution in [3.63, 3.8) is 0 Å². The van der Waals surface area contributed by atoms with Crippen molar-refractivity contribution in [3.05, 3.63) is 29.8 Å². The summed E-state index contributed by atoms with van der Waals surface area (Å²) in [6.45, 7) is 3.86. The number of amides is 1. The zero-order chi connectivity index (χ0) is 17.0. The zero-order valence-corrected chi connectivity index (χ0v) is 13.6. The smallest absolute Gasteiger partial charge is 0.371 e. The Hall–Kier alpha value is -1.72. The van der Waals surface area contributed by atoms with Gasteiger partial charge in [-0.15, -0.1) is 0 Å². The number of hydrogen-bond donors (Lipinski definition) is 0. The summed E-state index contributed by atoms with van der Waals surface area (Å²) in [5.41, 5.74) is 2.07. The number of para-hydroxylation sites is 1. The lowest BCUT2D eigenvalue weighted by Crippen LogP contribution is -2.40. The van der Waals surface area contributed by atoms with Gasteiger partial charge in [-0.1, -0.05) is 25.1 Å². The molecule has 0 aromatic heterocycles. The molecule has 0 radical (unpaired) electrons. The number of likely N-dealkylation sites (N-methyl/N-ethyl adjacent to an activating group) is 1. The van der Waals surface area contributed by atoms with Gasteiger partial charge in [0.2, 0.25) is 0 Å². The average molecular weight is 328 g/mol. The van der Waals surface area contributed by atoms with Crippen LogP contribution in [-0.4, -0.2) is 43.7 Å². The van der Waals surface area contributed by atoms with Gasteiger partial charge in [0.1, 0.15) is 0 Å². The maximum absolute atomic E-state index is 12.5. The summed E-state index contributed by atoms with van der Waals surface area (Å²) < 4.78 is 37.6. The van der Waals surface area contributed by atoms with Gasteiger partial charge < -0.3 is 9.80 Å². The summed E-state index contributed by atoms with van der Waals surface area (Å²) in [6.07, 6.45) is -1.33. The molecule has 1 aliphatic rings. The minimum atomic E-state index is -4.82. The van der Waals surface area contributed by atoms with Gasteiger partial charge >= 0.3 is 12.1 Å². The Balaban J connectivity index is 2.13. The van der Waals surface area contributed by atoms with E-state index in [0.717, 1.165) is 42.1 Å². The lowest BCUT2D eigenvalue weighted by atomic mass is 9.97. The molecule has 1 atom stereocenters. The largest absolute Gasteiger partial charge is 0.471 e. The van der Waals surface area contributed by atoms with E-state index in [0.29, 0.717) is 0 Å². The van der Waals surface area contributed by atoms with E-state index >= 15 is 0 Å². The number of piperidine rings is 1. The standard InChI is InChI=1S/C17H23F3N2O/c1-13(12-21(2)16(23)17(18,19)20)14-8-4-5-9-15(14)22-10-6-3-7-11-22/h4-5,8-9,13H,3,6-7,10-12H2,1-2H3. The van der Waals surface area contributed by atoms with E-state index in [1.54, 1.807) is 0 Å². The van der Waals surface area contributed by atoms with E-state index in [-0.39, 0.29) is 12.5 Å². The van der Waals surface area contributed by atoms with E-state index in [9.17, 15) is 18.0 Å². The molecule has 0 aliphatic carbocycles. The molecule has 6 heteroatoms. The Morgan fingerprint density at radius 2 is 1.83 bits per heavy atom. The first-order chi connectivity index (χ1) is 10.8. The van der Waals surface area contributed by atoms with E-state index < -0.39 is 12.1 Å². The van der Waals surface area contributed by atoms with Gasteiger partial charge in [-0.05, 0) is 30.9 Å². The summed E-state index contributed by atoms with van der Waals surface area (Å²) in [5.74, 6) is -1.95. The molecule has 0 spiro atoms. The number of rotatable bonds is 4. The summed E-state index contributed by atoms with van der Waals surface area (Å²) in [4.78, 5) is 14.4. The number of carbonyl (C=O) groups is 1. The van der Waals surface area contributed by atoms with Crippen molar-refractivity contribution in [1.82, 2.24) is 4.90 Å². The highest BCUT2D eigenvalue weighted by molar-refractivity contribution is 5.81. The summed E-state index contributed by atoms with van der Waals surface area (Å²) in [6, 6.07) is 7.80. The normalized spacial score (nSPS) is 17.0. The maximum Gasteiger partial charge on any atom is 0.471 e. The van der Waals surface area contributed by atoms with Crippen molar-refractivity contribution in [2.75, 3.05) is 31.6 Å². The van der Waals surface area contributed by atoms with Gasteiger partial charge in [0.25, 0.3) is 0 Å². The molecule has 1 unspecified atom stereocenters. The fraction of sp³-hybridized carbons (Fsp3) is 0.588. The van der Waals surface area contributed by atoms with E-state index in [1.165, 1.54) is 13.5 Å². The van der Waals surface area contributed by atoms with Crippen LogP contribution in [0.4, 0.5) is 18.9 Å². The molecular formula is C17H23F3N2O. The highest BCUT2D eigenvalue weighted by atomic mass is 19.4. The van der Waals surface area contributed by atoms with Crippen LogP contribution in [0, 0.1) is 0 Å². The molecular weight excluding hydrogens is 305 g/mol. The van der Waals surface area contributed by atoms with Crippen molar-refractivity contribution in [3.8, 4) is 0 Å². The quantitative estimate of drug-likeness (QED) is 0.839. The SMILES string of the molecule is CC(CN(C)C(=O)C(F)(F)F)c1ccccc1N1CCCCC1. The molecule has 1 heterocycles. The summed E-state index contributed by atoms with van der Waals surface area (Å²) in [7, 11) is 1.20. The number of alkyl halides is 3. The number of anilines is 1. The van der Waals surface area contributed by atoms with Gasteiger partial charge in [-0.25, -0.2) is 0 Å². The van der Waals surface area contributed by atoms with E-state index in [4.69, 9.17) is 0 Å². The van der Waals surface area contributed by atoms with Crippen molar-refractivity contribution in [2.24, 2.45) is 0 Å². The van der Waals surface area contributed by atoms with Gasteiger partial charge in [-0.3, -0.25) is 4.79 Å². The molecule has 0 saturated carbocycles. The second kappa shape index (κ2) is 7.23. The number of halogens is 3. The molecule has 0 N–H and O–H groups in total. The Labute approximate surface area is 135 Å². The Morgan fingerprint density at radius 1 is 1.22 bits per heavy atom. The number of carbonyl (C=O) groups excluding carboxylic acids is 1. The van der Waals surface area contributed by atoms with Crippen LogP contribution in [0.3, 0.4) is 0 Å². The highest BCUT2D eigenvalue weighted by Crippen LogP contribution is 2.30. The van der Waals surface area contributed by atoms with E-state index in [1.807, 2.05) is 31.2 Å². The van der Waals surface area contributed by atoms with E-state index in [2.05, 4.69) is 4.90 Å². The predicted molar refractivity (Wildman–Crippen MR) is 84.6 cm³/mol. The van der Waals surface area contributed by atoms with Gasteiger partial charge in [0, 0.05) is 38.3 Å². The monoisotopic (exact) mass is 328 g/mol. The van der Waals surface area contributed by atoms with Crippen LogP contribution in [-0.2, 0) is 4.79 Å². The van der Waals surface area contributed by atoms with Crippen molar-refractivity contribution in [2.45, 2.75) is 38.3 Å². The average Bonchev–Trinajstić information content (AvgIpc) is 2.54. The molecule has 0 bridgehead atoms. The van der Waals surface area contributed by atoms with Crippen LogP contribution in [0.25, 0.3) is 0 Å². The molecule has 1 aromatic rings.